The van der Waals surface area contributed by atoms with Gasteiger partial charge in [0.15, 0.2) is 0 Å². The summed E-state index contributed by atoms with van der Waals surface area (Å²) < 4.78 is 29.0. The summed E-state index contributed by atoms with van der Waals surface area (Å²) in [6.45, 7) is 1.13. The van der Waals surface area contributed by atoms with Crippen LogP contribution in [0.15, 0.2) is 130 Å². The van der Waals surface area contributed by atoms with E-state index in [4.69, 9.17) is 69.7 Å². The standard InChI is InChI=1S/C32H26Cl2N2O5.C31H24Cl2N2O5/c1-39-30(37)20-5-2-4-18(14-20)16-36-26-11-10-21(15-23(26)32(12-13-32)31(36)38)40-17-22-28(35-41-29(22)19-8-9-19)27-24(33)6-3-7-25(27)34;32-23-5-2-6-24(33)26(23)27-21(28(40-34-27)18-7-8-18)16-39-20-9-10-25-22(14-20)31(11-12-31)30(38)35(25)15-17-3-1-4-19(13-17)29(36)37/h2-7,10-11,14-15,19H,8-9,12-13,16-17H2,1H3;1-6,9-10,13-14,18H,7-8,11-12,15-16H2,(H,36,37). The van der Waals surface area contributed by atoms with E-state index in [9.17, 15) is 24.3 Å². The number of aromatic carboxylic acids is 1. The van der Waals surface area contributed by atoms with Crippen LogP contribution < -0.4 is 19.3 Å². The number of benzene rings is 6. The van der Waals surface area contributed by atoms with Crippen molar-refractivity contribution in [1.82, 2.24) is 10.3 Å². The maximum Gasteiger partial charge on any atom is 0.337 e. The fourth-order valence-corrected chi connectivity index (χ4v) is 12.6. The number of carbonyl (C=O) groups is 4. The Morgan fingerprint density at radius 3 is 1.38 bits per heavy atom. The molecule has 4 aliphatic carbocycles. The highest BCUT2D eigenvalue weighted by Crippen LogP contribution is 2.60. The number of anilines is 2. The molecular formula is C63H50Cl4N4O10. The first-order valence-electron chi connectivity index (χ1n) is 26.8. The topological polar surface area (TPSA) is 175 Å². The van der Waals surface area contributed by atoms with Crippen LogP contribution in [-0.4, -0.2) is 46.3 Å². The van der Waals surface area contributed by atoms with Crippen molar-refractivity contribution in [2.45, 2.75) is 100 Å². The van der Waals surface area contributed by atoms with E-state index in [1.54, 1.807) is 77.7 Å². The van der Waals surface area contributed by atoms with Crippen LogP contribution in [0.4, 0.5) is 11.4 Å². The van der Waals surface area contributed by atoms with Crippen molar-refractivity contribution >= 4 is 81.5 Å². The number of rotatable bonds is 16. The summed E-state index contributed by atoms with van der Waals surface area (Å²) in [5.41, 5.74) is 8.97. The number of nitrogens with zero attached hydrogens (tertiary/aromatic N) is 4. The zero-order valence-electron chi connectivity index (χ0n) is 43.6. The maximum atomic E-state index is 13.6. The minimum absolute atomic E-state index is 0.0473. The number of fused-ring (bicyclic) bond motifs is 4. The van der Waals surface area contributed by atoms with Gasteiger partial charge in [-0.15, -0.1) is 0 Å². The number of halogens is 4. The Morgan fingerprint density at radius 2 is 0.988 bits per heavy atom. The molecule has 0 unspecified atom stereocenters. The lowest BCUT2D eigenvalue weighted by atomic mass is 9.98. The first-order chi connectivity index (χ1) is 39.2. The van der Waals surface area contributed by atoms with Crippen molar-refractivity contribution in [3.05, 3.63) is 197 Å². The molecule has 2 aliphatic heterocycles. The van der Waals surface area contributed by atoms with Crippen LogP contribution in [0.1, 0.15) is 129 Å². The average molecular weight is 1160 g/mol. The minimum atomic E-state index is -0.993. The lowest BCUT2D eigenvalue weighted by Crippen LogP contribution is -2.31. The van der Waals surface area contributed by atoms with Gasteiger partial charge in [0, 0.05) is 34.3 Å². The molecule has 0 atom stereocenters. The van der Waals surface area contributed by atoms with Gasteiger partial charge in [0.05, 0.1) is 73.4 Å². The smallest absolute Gasteiger partial charge is 0.337 e. The van der Waals surface area contributed by atoms with Gasteiger partial charge >= 0.3 is 11.9 Å². The normalized spacial score (nSPS) is 16.8. The molecule has 8 aromatic rings. The Morgan fingerprint density at radius 1 is 0.580 bits per heavy atom. The Bertz CT molecular complexity index is 3850. The number of ether oxygens (including phenoxy) is 3. The largest absolute Gasteiger partial charge is 0.489 e. The summed E-state index contributed by atoms with van der Waals surface area (Å²) in [6, 6.07) is 36.1. The van der Waals surface area contributed by atoms with Crippen molar-refractivity contribution in [3.8, 4) is 34.0 Å². The number of methoxy groups -OCH3 is 1. The molecule has 2 amide bonds. The van der Waals surface area contributed by atoms with E-state index in [2.05, 4.69) is 10.3 Å². The van der Waals surface area contributed by atoms with Crippen molar-refractivity contribution in [1.29, 1.82) is 0 Å². The van der Waals surface area contributed by atoms with Crippen molar-refractivity contribution in [2.24, 2.45) is 0 Å². The molecule has 14 nitrogen and oxygen atoms in total. The highest BCUT2D eigenvalue weighted by molar-refractivity contribution is 6.39. The van der Waals surface area contributed by atoms with Gasteiger partial charge in [0.1, 0.15) is 47.6 Å². The average Bonchev–Trinajstić information content (AvgIpc) is 3.64. The zero-order chi connectivity index (χ0) is 55.9. The third-order valence-corrected chi connectivity index (χ3v) is 17.5. The fraction of sp³-hybridized carbons (Fsp3) is 0.270. The molecule has 6 aliphatic rings. The molecule has 4 heterocycles. The number of aromatic nitrogens is 2. The van der Waals surface area contributed by atoms with E-state index in [-0.39, 0.29) is 30.6 Å². The summed E-state index contributed by atoms with van der Waals surface area (Å²) in [5, 5.41) is 20.0. The predicted molar refractivity (Wildman–Crippen MR) is 305 cm³/mol. The van der Waals surface area contributed by atoms with E-state index in [1.165, 1.54) is 7.11 Å². The Kier molecular flexibility index (Phi) is 13.5. The van der Waals surface area contributed by atoms with Gasteiger partial charge in [0.25, 0.3) is 0 Å². The highest BCUT2D eigenvalue weighted by Gasteiger charge is 2.60. The van der Waals surface area contributed by atoms with Gasteiger partial charge in [0.2, 0.25) is 11.8 Å². The Labute approximate surface area is 485 Å². The minimum Gasteiger partial charge on any atom is -0.489 e. The number of hydrogen-bond acceptors (Lipinski definition) is 11. The number of carboxylic acid groups (broad SMARTS) is 1. The van der Waals surface area contributed by atoms with Gasteiger partial charge in [-0.05, 0) is 159 Å². The number of carbonyl (C=O) groups excluding carboxylic acids is 3. The third-order valence-electron chi connectivity index (χ3n) is 16.3. The molecule has 4 saturated carbocycles. The van der Waals surface area contributed by atoms with Crippen LogP contribution >= 0.6 is 46.4 Å². The van der Waals surface area contributed by atoms with Gasteiger partial charge in [-0.2, -0.15) is 0 Å². The molecule has 0 radical (unpaired) electrons. The first-order valence-corrected chi connectivity index (χ1v) is 28.3. The lowest BCUT2D eigenvalue weighted by molar-refractivity contribution is -0.121. The molecule has 0 saturated heterocycles. The molecule has 4 fully saturated rings. The van der Waals surface area contributed by atoms with E-state index in [0.29, 0.717) is 84.6 Å². The lowest BCUT2D eigenvalue weighted by Gasteiger charge is -2.19. The molecule has 1 N–H and O–H groups in total. The van der Waals surface area contributed by atoms with Crippen LogP contribution in [0.25, 0.3) is 22.5 Å². The maximum absolute atomic E-state index is 13.6. The van der Waals surface area contributed by atoms with Crippen LogP contribution in [0.3, 0.4) is 0 Å². The van der Waals surface area contributed by atoms with E-state index >= 15 is 0 Å². The second-order valence-electron chi connectivity index (χ2n) is 21.6. The molecule has 14 rings (SSSR count). The summed E-state index contributed by atoms with van der Waals surface area (Å²) in [4.78, 5) is 54.2. The van der Waals surface area contributed by atoms with Crippen molar-refractivity contribution < 1.29 is 47.5 Å². The molecule has 2 spiro atoms. The Balaban J connectivity index is 0.000000153. The van der Waals surface area contributed by atoms with Gasteiger partial charge in [-0.1, -0.05) is 93.1 Å². The van der Waals surface area contributed by atoms with E-state index < -0.39 is 22.8 Å². The van der Waals surface area contributed by atoms with Gasteiger partial charge in [-0.25, -0.2) is 9.59 Å². The summed E-state index contributed by atoms with van der Waals surface area (Å²) in [6.07, 6.45) is 7.31. The van der Waals surface area contributed by atoms with Gasteiger partial charge in [-0.3, -0.25) is 9.59 Å². The Hall–Kier alpha value is -7.62. The second kappa shape index (κ2) is 20.7. The highest BCUT2D eigenvalue weighted by atomic mass is 35.5. The van der Waals surface area contributed by atoms with Crippen LogP contribution in [0.2, 0.25) is 20.1 Å². The molecule has 6 aromatic carbocycles. The SMILES string of the molecule is COC(=O)c1cccc(CN2C(=O)C3(CC3)c3cc(OCc4c(-c5c(Cl)cccc5Cl)noc4C4CC4)ccc32)c1.O=C(O)c1cccc(CN2C(=O)C3(CC3)c3cc(OCc4c(-c5c(Cl)cccc5Cl)noc4C4CC4)ccc32)c1. The number of carboxylic acids is 1. The molecule has 2 aromatic heterocycles. The molecule has 18 heteroatoms. The zero-order valence-corrected chi connectivity index (χ0v) is 46.6. The first kappa shape index (κ1) is 52.7. The third kappa shape index (κ3) is 9.69. The van der Waals surface area contributed by atoms with E-state index in [1.807, 2.05) is 53.4 Å². The summed E-state index contributed by atoms with van der Waals surface area (Å²) in [5.74, 6) is 2.28. The predicted octanol–water partition coefficient (Wildman–Crippen LogP) is 14.9. The van der Waals surface area contributed by atoms with Crippen LogP contribution in [0, 0.1) is 0 Å². The quantitative estimate of drug-likeness (QED) is 0.0908. The summed E-state index contributed by atoms with van der Waals surface area (Å²) >= 11 is 26.0. The molecular weight excluding hydrogens is 1110 g/mol. The van der Waals surface area contributed by atoms with Crippen LogP contribution in [0.5, 0.6) is 11.5 Å². The second-order valence-corrected chi connectivity index (χ2v) is 23.2. The van der Waals surface area contributed by atoms with Gasteiger partial charge < -0.3 is 38.2 Å². The number of esters is 1. The van der Waals surface area contributed by atoms with E-state index in [0.717, 1.165) is 108 Å². The number of amides is 2. The molecule has 410 valence electrons. The monoisotopic (exact) mass is 1160 g/mol. The molecule has 81 heavy (non-hydrogen) atoms. The number of hydrogen-bond donors (Lipinski definition) is 1. The summed E-state index contributed by atoms with van der Waals surface area (Å²) in [7, 11) is 1.36. The van der Waals surface area contributed by atoms with Crippen LogP contribution in [-0.2, 0) is 51.5 Å². The molecule has 0 bridgehead atoms. The van der Waals surface area contributed by atoms with Crippen molar-refractivity contribution in [2.75, 3.05) is 16.9 Å². The van der Waals surface area contributed by atoms with Crippen molar-refractivity contribution in [3.63, 3.8) is 0 Å². The fourth-order valence-electron chi connectivity index (χ4n) is 11.4.